The molecular formula is C23H26F2N4O. The molecule has 1 fully saturated rings. The van der Waals surface area contributed by atoms with Gasteiger partial charge in [0, 0.05) is 49.3 Å². The van der Waals surface area contributed by atoms with Crippen LogP contribution >= 0.6 is 0 Å². The van der Waals surface area contributed by atoms with Crippen molar-refractivity contribution in [3.05, 3.63) is 59.8 Å². The number of anilines is 3. The topological polar surface area (TPSA) is 47.6 Å². The van der Waals surface area contributed by atoms with Gasteiger partial charge in [-0.3, -0.25) is 9.69 Å². The Hall–Kier alpha value is -2.93. The van der Waals surface area contributed by atoms with Crippen LogP contribution in [0.25, 0.3) is 5.57 Å². The minimum atomic E-state index is -0.415. The Balaban J connectivity index is 1.43. The second-order valence-corrected chi connectivity index (χ2v) is 7.69. The van der Waals surface area contributed by atoms with Crippen molar-refractivity contribution in [3.8, 4) is 0 Å². The standard InChI is InChI=1S/C23H26F2N4O/c1-2-3-8-28-9-11-29(12-10-28)22-7-5-17(14-20(22)25)26-15-19-18-13-16(24)4-6-21(18)27-23(19)30/h4-7,13-15,26H,2-3,8-12H2,1H3,(H,27,30)/b19-15+. The zero-order valence-corrected chi connectivity index (χ0v) is 17.0. The first-order valence-corrected chi connectivity index (χ1v) is 10.4. The van der Waals surface area contributed by atoms with Gasteiger partial charge in [-0.05, 0) is 49.4 Å². The Bertz CT molecular complexity index is 968. The first-order valence-electron chi connectivity index (χ1n) is 10.4. The Morgan fingerprint density at radius 3 is 2.63 bits per heavy atom. The second-order valence-electron chi connectivity index (χ2n) is 7.69. The number of hydrogen-bond acceptors (Lipinski definition) is 4. The van der Waals surface area contributed by atoms with Crippen molar-refractivity contribution < 1.29 is 13.6 Å². The summed E-state index contributed by atoms with van der Waals surface area (Å²) >= 11 is 0. The number of benzene rings is 2. The molecule has 0 aliphatic carbocycles. The summed E-state index contributed by atoms with van der Waals surface area (Å²) in [6.45, 7) is 6.78. The minimum absolute atomic E-state index is 0.303. The third kappa shape index (κ3) is 4.31. The molecule has 0 radical (unpaired) electrons. The lowest BCUT2D eigenvalue weighted by atomic mass is 10.1. The third-order valence-electron chi connectivity index (χ3n) is 5.64. The van der Waals surface area contributed by atoms with Crippen molar-refractivity contribution in [2.75, 3.05) is 48.3 Å². The van der Waals surface area contributed by atoms with E-state index in [-0.39, 0.29) is 11.7 Å². The van der Waals surface area contributed by atoms with Gasteiger partial charge in [0.05, 0.1) is 11.3 Å². The molecule has 5 nitrogen and oxygen atoms in total. The van der Waals surface area contributed by atoms with Gasteiger partial charge in [0.25, 0.3) is 5.91 Å². The average molecular weight is 412 g/mol. The van der Waals surface area contributed by atoms with Crippen LogP contribution in [0.3, 0.4) is 0 Å². The Kier molecular flexibility index (Phi) is 5.99. The van der Waals surface area contributed by atoms with Crippen LogP contribution in [0, 0.1) is 11.6 Å². The monoisotopic (exact) mass is 412 g/mol. The predicted molar refractivity (Wildman–Crippen MR) is 117 cm³/mol. The zero-order chi connectivity index (χ0) is 21.1. The summed E-state index contributed by atoms with van der Waals surface area (Å²) < 4.78 is 28.3. The normalized spacial score (nSPS) is 17.9. The molecule has 1 saturated heterocycles. The number of carbonyl (C=O) groups is 1. The number of nitrogens with zero attached hydrogens (tertiary/aromatic N) is 2. The van der Waals surface area contributed by atoms with E-state index in [2.05, 4.69) is 27.4 Å². The van der Waals surface area contributed by atoms with Crippen LogP contribution < -0.4 is 15.5 Å². The van der Waals surface area contributed by atoms with Crippen LogP contribution in [0.5, 0.6) is 0 Å². The molecule has 158 valence electrons. The van der Waals surface area contributed by atoms with Gasteiger partial charge in [0.15, 0.2) is 0 Å². The number of hydrogen-bond donors (Lipinski definition) is 2. The summed E-state index contributed by atoms with van der Waals surface area (Å²) in [5, 5.41) is 5.66. The van der Waals surface area contributed by atoms with E-state index in [0.717, 1.165) is 32.7 Å². The minimum Gasteiger partial charge on any atom is -0.367 e. The summed E-state index contributed by atoms with van der Waals surface area (Å²) in [6, 6.07) is 9.12. The SMILES string of the molecule is CCCCN1CCN(c2ccc(N/C=C3/C(=O)Nc4ccc(F)cc43)cc2F)CC1. The fourth-order valence-corrected chi connectivity index (χ4v) is 3.91. The molecule has 2 N–H and O–H groups in total. The molecule has 2 aliphatic heterocycles. The van der Waals surface area contributed by atoms with Gasteiger partial charge in [-0.1, -0.05) is 13.3 Å². The number of amides is 1. The van der Waals surface area contributed by atoms with Crippen LogP contribution in [0.4, 0.5) is 25.8 Å². The second kappa shape index (κ2) is 8.83. The van der Waals surface area contributed by atoms with Gasteiger partial charge >= 0.3 is 0 Å². The van der Waals surface area contributed by atoms with Gasteiger partial charge in [-0.2, -0.15) is 0 Å². The van der Waals surface area contributed by atoms with Crippen molar-refractivity contribution in [1.29, 1.82) is 0 Å². The number of carbonyl (C=O) groups excluding carboxylic acids is 1. The Morgan fingerprint density at radius 2 is 1.90 bits per heavy atom. The molecule has 0 atom stereocenters. The van der Waals surface area contributed by atoms with Crippen molar-refractivity contribution in [3.63, 3.8) is 0 Å². The lowest BCUT2D eigenvalue weighted by molar-refractivity contribution is -0.110. The van der Waals surface area contributed by atoms with Gasteiger partial charge in [-0.15, -0.1) is 0 Å². The highest BCUT2D eigenvalue weighted by molar-refractivity contribution is 6.31. The maximum atomic E-state index is 14.8. The van der Waals surface area contributed by atoms with Gasteiger partial charge < -0.3 is 15.5 Å². The van der Waals surface area contributed by atoms with Crippen molar-refractivity contribution in [2.45, 2.75) is 19.8 Å². The highest BCUT2D eigenvalue weighted by Crippen LogP contribution is 2.32. The average Bonchev–Trinajstić information content (AvgIpc) is 3.05. The molecule has 0 bridgehead atoms. The summed E-state index contributed by atoms with van der Waals surface area (Å²) in [6.07, 6.45) is 3.86. The zero-order valence-electron chi connectivity index (χ0n) is 17.0. The summed E-state index contributed by atoms with van der Waals surface area (Å²) in [5.41, 5.74) is 2.49. The number of piperazine rings is 1. The quantitative estimate of drug-likeness (QED) is 0.695. The molecule has 1 amide bonds. The van der Waals surface area contributed by atoms with E-state index in [1.807, 2.05) is 0 Å². The van der Waals surface area contributed by atoms with E-state index in [1.54, 1.807) is 12.1 Å². The van der Waals surface area contributed by atoms with Crippen LogP contribution in [0.15, 0.2) is 42.6 Å². The number of fused-ring (bicyclic) bond motifs is 1. The first-order chi connectivity index (χ1) is 14.5. The summed E-state index contributed by atoms with van der Waals surface area (Å²) in [4.78, 5) is 16.7. The van der Waals surface area contributed by atoms with Crippen LogP contribution in [-0.4, -0.2) is 43.5 Å². The van der Waals surface area contributed by atoms with Crippen LogP contribution in [0.1, 0.15) is 25.3 Å². The smallest absolute Gasteiger partial charge is 0.257 e. The molecule has 30 heavy (non-hydrogen) atoms. The summed E-state index contributed by atoms with van der Waals surface area (Å²) in [7, 11) is 0. The fourth-order valence-electron chi connectivity index (χ4n) is 3.91. The number of unbranched alkanes of at least 4 members (excludes halogenated alkanes) is 1. The Labute approximate surface area is 175 Å². The largest absolute Gasteiger partial charge is 0.367 e. The highest BCUT2D eigenvalue weighted by Gasteiger charge is 2.24. The molecule has 2 aliphatic rings. The molecule has 2 heterocycles. The molecular weight excluding hydrogens is 386 g/mol. The molecule has 0 aromatic heterocycles. The summed E-state index contributed by atoms with van der Waals surface area (Å²) in [5.74, 6) is -1.04. The number of rotatable bonds is 6. The van der Waals surface area contributed by atoms with E-state index in [0.29, 0.717) is 28.2 Å². The third-order valence-corrected chi connectivity index (χ3v) is 5.64. The van der Waals surface area contributed by atoms with E-state index >= 15 is 0 Å². The van der Waals surface area contributed by atoms with Gasteiger partial charge in [0.1, 0.15) is 11.6 Å². The molecule has 2 aromatic carbocycles. The van der Waals surface area contributed by atoms with E-state index in [9.17, 15) is 13.6 Å². The molecule has 0 unspecified atom stereocenters. The molecule has 0 saturated carbocycles. The molecule has 4 rings (SSSR count). The molecule has 2 aromatic rings. The van der Waals surface area contributed by atoms with Gasteiger partial charge in [-0.25, -0.2) is 8.78 Å². The predicted octanol–water partition coefficient (Wildman–Crippen LogP) is 4.29. The molecule has 0 spiro atoms. The van der Waals surface area contributed by atoms with Crippen molar-refractivity contribution in [2.24, 2.45) is 0 Å². The van der Waals surface area contributed by atoms with Crippen molar-refractivity contribution >= 4 is 28.5 Å². The van der Waals surface area contributed by atoms with E-state index < -0.39 is 5.82 Å². The number of halogens is 2. The maximum absolute atomic E-state index is 14.8. The lowest BCUT2D eigenvalue weighted by Gasteiger charge is -2.36. The van der Waals surface area contributed by atoms with Crippen LogP contribution in [0.2, 0.25) is 0 Å². The van der Waals surface area contributed by atoms with E-state index in [4.69, 9.17) is 0 Å². The van der Waals surface area contributed by atoms with Crippen LogP contribution in [-0.2, 0) is 4.79 Å². The first kappa shape index (κ1) is 20.3. The fraction of sp³-hybridized carbons (Fsp3) is 0.348. The highest BCUT2D eigenvalue weighted by atomic mass is 19.1. The lowest BCUT2D eigenvalue weighted by Crippen LogP contribution is -2.46. The molecule has 7 heteroatoms. The van der Waals surface area contributed by atoms with Gasteiger partial charge in [0.2, 0.25) is 0 Å². The van der Waals surface area contributed by atoms with Crippen molar-refractivity contribution in [1.82, 2.24) is 4.90 Å². The maximum Gasteiger partial charge on any atom is 0.257 e. The van der Waals surface area contributed by atoms with E-state index in [1.165, 1.54) is 43.3 Å². The number of nitrogens with one attached hydrogen (secondary N) is 2. The Morgan fingerprint density at radius 1 is 1.10 bits per heavy atom.